The van der Waals surface area contributed by atoms with E-state index >= 15 is 0 Å². The maximum Gasteiger partial charge on any atom is 0.147 e. The zero-order valence-electron chi connectivity index (χ0n) is 12.0. The predicted octanol–water partition coefficient (Wildman–Crippen LogP) is 1.58. The van der Waals surface area contributed by atoms with Gasteiger partial charge in [-0.2, -0.15) is 0 Å². The van der Waals surface area contributed by atoms with Gasteiger partial charge in [-0.1, -0.05) is 12.1 Å². The molecule has 0 saturated heterocycles. The van der Waals surface area contributed by atoms with Crippen LogP contribution in [0, 0.1) is 0 Å². The summed E-state index contributed by atoms with van der Waals surface area (Å²) in [6.45, 7) is 4.31. The summed E-state index contributed by atoms with van der Waals surface area (Å²) < 4.78 is 24.3. The van der Waals surface area contributed by atoms with Gasteiger partial charge >= 0.3 is 0 Å². The van der Waals surface area contributed by atoms with Crippen LogP contribution in [0.15, 0.2) is 24.3 Å². The molecule has 1 heterocycles. The molecule has 0 aliphatic heterocycles. The molecular formula is C14H21N3O2S. The van der Waals surface area contributed by atoms with Crippen LogP contribution in [-0.2, 0) is 22.9 Å². The van der Waals surface area contributed by atoms with E-state index in [1.165, 1.54) is 6.26 Å². The first-order chi connectivity index (χ1) is 9.51. The Morgan fingerprint density at radius 2 is 2.05 bits per heavy atom. The topological polar surface area (TPSA) is 64.0 Å². The number of hydrogen-bond acceptors (Lipinski definition) is 4. The summed E-state index contributed by atoms with van der Waals surface area (Å²) in [5, 5.41) is 3.26. The molecule has 20 heavy (non-hydrogen) atoms. The quantitative estimate of drug-likeness (QED) is 0.788. The molecule has 0 saturated carbocycles. The minimum Gasteiger partial charge on any atom is -0.327 e. The number of aromatic nitrogens is 2. The highest BCUT2D eigenvalue weighted by Crippen LogP contribution is 2.15. The van der Waals surface area contributed by atoms with Gasteiger partial charge < -0.3 is 9.88 Å². The molecule has 6 heteroatoms. The zero-order valence-corrected chi connectivity index (χ0v) is 12.8. The summed E-state index contributed by atoms with van der Waals surface area (Å²) in [6.07, 6.45) is 1.90. The number of hydrogen-bond donors (Lipinski definition) is 1. The van der Waals surface area contributed by atoms with Gasteiger partial charge in [0, 0.05) is 12.8 Å². The lowest BCUT2D eigenvalue weighted by atomic mass is 10.3. The van der Waals surface area contributed by atoms with E-state index in [4.69, 9.17) is 0 Å². The number of nitrogens with zero attached hydrogens (tertiary/aromatic N) is 2. The first kappa shape index (κ1) is 15.0. The minimum atomic E-state index is -2.86. The largest absolute Gasteiger partial charge is 0.327 e. The summed E-state index contributed by atoms with van der Waals surface area (Å²) in [4.78, 5) is 4.61. The van der Waals surface area contributed by atoms with Crippen molar-refractivity contribution < 1.29 is 8.42 Å². The summed E-state index contributed by atoms with van der Waals surface area (Å²) in [6, 6.07) is 8.08. The van der Waals surface area contributed by atoms with Gasteiger partial charge in [0.2, 0.25) is 0 Å². The lowest BCUT2D eigenvalue weighted by Crippen LogP contribution is -2.20. The van der Waals surface area contributed by atoms with Crippen LogP contribution in [0.2, 0.25) is 0 Å². The molecule has 1 aromatic carbocycles. The standard InChI is InChI=1S/C14H21N3O2S/c1-3-17-13-8-5-4-7-12(13)16-14(17)11-15-9-6-10-20(2,18)19/h4-5,7-8,15H,3,6,9-11H2,1-2H3. The van der Waals surface area contributed by atoms with Crippen LogP contribution < -0.4 is 5.32 Å². The Bertz CT molecular complexity index is 677. The molecule has 0 aliphatic carbocycles. The number of aryl methyl sites for hydroxylation is 1. The van der Waals surface area contributed by atoms with Crippen molar-refractivity contribution in [3.63, 3.8) is 0 Å². The fourth-order valence-corrected chi connectivity index (χ4v) is 2.94. The third kappa shape index (κ3) is 3.80. The molecule has 0 aliphatic rings. The van der Waals surface area contributed by atoms with E-state index in [1.54, 1.807) is 0 Å². The van der Waals surface area contributed by atoms with Crippen LogP contribution in [0.1, 0.15) is 19.2 Å². The second-order valence-corrected chi connectivity index (χ2v) is 7.18. The maximum atomic E-state index is 11.0. The summed E-state index contributed by atoms with van der Waals surface area (Å²) in [5.41, 5.74) is 2.14. The molecule has 2 rings (SSSR count). The van der Waals surface area contributed by atoms with E-state index in [2.05, 4.69) is 27.9 Å². The third-order valence-electron chi connectivity index (χ3n) is 3.20. The Morgan fingerprint density at radius 1 is 1.30 bits per heavy atom. The van der Waals surface area contributed by atoms with Gasteiger partial charge in [-0.05, 0) is 32.0 Å². The number of para-hydroxylation sites is 2. The molecule has 110 valence electrons. The number of imidazole rings is 1. The summed E-state index contributed by atoms with van der Waals surface area (Å²) >= 11 is 0. The zero-order chi connectivity index (χ0) is 14.6. The van der Waals surface area contributed by atoms with Gasteiger partial charge in [0.05, 0.1) is 23.3 Å². The van der Waals surface area contributed by atoms with E-state index in [9.17, 15) is 8.42 Å². The molecule has 2 aromatic rings. The van der Waals surface area contributed by atoms with Crippen molar-refractivity contribution >= 4 is 20.9 Å². The maximum absolute atomic E-state index is 11.0. The van der Waals surface area contributed by atoms with Crippen molar-refractivity contribution in [3.8, 4) is 0 Å². The molecular weight excluding hydrogens is 274 g/mol. The second kappa shape index (κ2) is 6.37. The van der Waals surface area contributed by atoms with Crippen molar-refractivity contribution in [1.29, 1.82) is 0 Å². The fourth-order valence-electron chi connectivity index (χ4n) is 2.27. The number of nitrogens with one attached hydrogen (secondary N) is 1. The molecule has 0 fully saturated rings. The van der Waals surface area contributed by atoms with Crippen LogP contribution in [0.25, 0.3) is 11.0 Å². The molecule has 5 nitrogen and oxygen atoms in total. The molecule has 0 amide bonds. The lowest BCUT2D eigenvalue weighted by molar-refractivity contribution is 0.588. The van der Waals surface area contributed by atoms with Crippen molar-refractivity contribution in [2.45, 2.75) is 26.4 Å². The Kier molecular flexibility index (Phi) is 4.77. The van der Waals surface area contributed by atoms with Crippen molar-refractivity contribution in [2.24, 2.45) is 0 Å². The highest BCUT2D eigenvalue weighted by molar-refractivity contribution is 7.90. The highest BCUT2D eigenvalue weighted by atomic mass is 32.2. The predicted molar refractivity (Wildman–Crippen MR) is 81.4 cm³/mol. The van der Waals surface area contributed by atoms with Crippen molar-refractivity contribution in [2.75, 3.05) is 18.6 Å². The van der Waals surface area contributed by atoms with E-state index in [0.717, 1.165) is 23.4 Å². The SMILES string of the molecule is CCn1c(CNCCCS(C)(=O)=O)nc2ccccc21. The molecule has 0 spiro atoms. The highest BCUT2D eigenvalue weighted by Gasteiger charge is 2.08. The molecule has 1 N–H and O–H groups in total. The summed E-state index contributed by atoms with van der Waals surface area (Å²) in [5.74, 6) is 1.22. The van der Waals surface area contributed by atoms with E-state index in [0.29, 0.717) is 19.5 Å². The van der Waals surface area contributed by atoms with Gasteiger partial charge in [-0.3, -0.25) is 0 Å². The van der Waals surface area contributed by atoms with E-state index in [1.807, 2.05) is 18.2 Å². The lowest BCUT2D eigenvalue weighted by Gasteiger charge is -2.07. The average molecular weight is 295 g/mol. The Hall–Kier alpha value is -1.40. The van der Waals surface area contributed by atoms with Gasteiger partial charge in [0.15, 0.2) is 0 Å². The van der Waals surface area contributed by atoms with Crippen molar-refractivity contribution in [3.05, 3.63) is 30.1 Å². The molecule has 1 aromatic heterocycles. The van der Waals surface area contributed by atoms with Gasteiger partial charge in [-0.15, -0.1) is 0 Å². The molecule has 0 radical (unpaired) electrons. The van der Waals surface area contributed by atoms with Gasteiger partial charge in [0.1, 0.15) is 15.7 Å². The van der Waals surface area contributed by atoms with E-state index in [-0.39, 0.29) is 5.75 Å². The molecule has 0 bridgehead atoms. The van der Waals surface area contributed by atoms with Crippen LogP contribution >= 0.6 is 0 Å². The van der Waals surface area contributed by atoms with Gasteiger partial charge in [-0.25, -0.2) is 13.4 Å². The monoisotopic (exact) mass is 295 g/mol. The number of rotatable bonds is 7. The number of fused-ring (bicyclic) bond motifs is 1. The average Bonchev–Trinajstić information content (AvgIpc) is 2.74. The third-order valence-corrected chi connectivity index (χ3v) is 4.23. The number of benzene rings is 1. The van der Waals surface area contributed by atoms with Crippen LogP contribution in [-0.4, -0.2) is 36.5 Å². The van der Waals surface area contributed by atoms with Crippen molar-refractivity contribution in [1.82, 2.24) is 14.9 Å². The van der Waals surface area contributed by atoms with Crippen LogP contribution in [0.4, 0.5) is 0 Å². The van der Waals surface area contributed by atoms with Gasteiger partial charge in [0.25, 0.3) is 0 Å². The smallest absolute Gasteiger partial charge is 0.147 e. The number of sulfone groups is 1. The Balaban J connectivity index is 1.96. The summed E-state index contributed by atoms with van der Waals surface area (Å²) in [7, 11) is -2.86. The molecule has 0 atom stereocenters. The normalized spacial score (nSPS) is 12.1. The minimum absolute atomic E-state index is 0.226. The second-order valence-electron chi connectivity index (χ2n) is 4.92. The first-order valence-electron chi connectivity index (χ1n) is 6.84. The fraction of sp³-hybridized carbons (Fsp3) is 0.500. The molecule has 0 unspecified atom stereocenters. The first-order valence-corrected chi connectivity index (χ1v) is 8.90. The Labute approximate surface area is 119 Å². The van der Waals surface area contributed by atoms with Crippen LogP contribution in [0.5, 0.6) is 0 Å². The van der Waals surface area contributed by atoms with Crippen LogP contribution in [0.3, 0.4) is 0 Å². The van der Waals surface area contributed by atoms with E-state index < -0.39 is 9.84 Å². The Morgan fingerprint density at radius 3 is 2.75 bits per heavy atom.